The molecule has 1 saturated heterocycles. The van der Waals surface area contributed by atoms with E-state index < -0.39 is 0 Å². The first-order valence-electron chi connectivity index (χ1n) is 7.77. The van der Waals surface area contributed by atoms with Crippen molar-refractivity contribution in [1.29, 1.82) is 0 Å². The molecule has 21 heavy (non-hydrogen) atoms. The summed E-state index contributed by atoms with van der Waals surface area (Å²) in [4.78, 5) is 20.7. The lowest BCUT2D eigenvalue weighted by Gasteiger charge is -2.35. The van der Waals surface area contributed by atoms with Gasteiger partial charge < -0.3 is 10.1 Å². The number of aromatic nitrogens is 2. The van der Waals surface area contributed by atoms with Gasteiger partial charge in [-0.15, -0.1) is 0 Å². The quantitative estimate of drug-likeness (QED) is 0.923. The van der Waals surface area contributed by atoms with Gasteiger partial charge in [-0.05, 0) is 45.4 Å². The first-order valence-corrected chi connectivity index (χ1v) is 7.77. The fourth-order valence-electron chi connectivity index (χ4n) is 3.06. The van der Waals surface area contributed by atoms with Crippen molar-refractivity contribution < 1.29 is 9.53 Å². The number of hydrogen-bond acceptors (Lipinski definition) is 4. The number of hydrogen-bond donors (Lipinski definition) is 1. The highest BCUT2D eigenvalue weighted by Gasteiger charge is 2.31. The predicted octanol–water partition coefficient (Wildman–Crippen LogP) is 2.29. The summed E-state index contributed by atoms with van der Waals surface area (Å²) in [5.74, 6) is 0.893. The molecule has 0 bridgehead atoms. The summed E-state index contributed by atoms with van der Waals surface area (Å²) in [5, 5.41) is 3.06. The third-order valence-electron chi connectivity index (χ3n) is 4.30. The van der Waals surface area contributed by atoms with Crippen molar-refractivity contribution in [2.45, 2.75) is 51.0 Å². The number of carbonyl (C=O) groups is 1. The number of amides is 1. The van der Waals surface area contributed by atoms with Crippen LogP contribution in [0.5, 0.6) is 0 Å². The Hall–Kier alpha value is -1.49. The summed E-state index contributed by atoms with van der Waals surface area (Å²) in [6.07, 6.45) is 7.42. The zero-order valence-electron chi connectivity index (χ0n) is 12.8. The second kappa shape index (κ2) is 5.72. The molecule has 114 valence electrons. The zero-order valence-corrected chi connectivity index (χ0v) is 12.8. The Morgan fingerprint density at radius 3 is 2.95 bits per heavy atom. The van der Waals surface area contributed by atoms with Gasteiger partial charge in [0.25, 0.3) is 5.91 Å². The molecule has 1 amide bonds. The maximum absolute atomic E-state index is 12.4. The van der Waals surface area contributed by atoms with Crippen LogP contribution in [0, 0.1) is 5.92 Å². The Kier molecular flexibility index (Phi) is 3.93. The zero-order chi connectivity index (χ0) is 14.9. The molecule has 0 aromatic carbocycles. The first-order chi connectivity index (χ1) is 10.1. The molecule has 0 radical (unpaired) electrons. The standard InChI is InChI=1S/C16H23N3O2/c1-16(2)7-11(5-6-21-16)8-18-15(20)13-9-17-10-19-14(13)12-3-4-12/h9-12H,3-8H2,1-2H3,(H,18,20). The molecule has 1 aliphatic heterocycles. The van der Waals surface area contributed by atoms with Gasteiger partial charge in [-0.2, -0.15) is 0 Å². The maximum Gasteiger partial charge on any atom is 0.254 e. The van der Waals surface area contributed by atoms with Crippen molar-refractivity contribution in [1.82, 2.24) is 15.3 Å². The van der Waals surface area contributed by atoms with Crippen LogP contribution in [0.3, 0.4) is 0 Å². The Morgan fingerprint density at radius 1 is 1.43 bits per heavy atom. The van der Waals surface area contributed by atoms with Crippen molar-refractivity contribution >= 4 is 5.91 Å². The average molecular weight is 289 g/mol. The van der Waals surface area contributed by atoms with Crippen molar-refractivity contribution in [3.8, 4) is 0 Å². The largest absolute Gasteiger partial charge is 0.376 e. The van der Waals surface area contributed by atoms with Crippen molar-refractivity contribution in [3.63, 3.8) is 0 Å². The molecule has 5 nitrogen and oxygen atoms in total. The number of nitrogens with zero attached hydrogens (tertiary/aromatic N) is 2. The van der Waals surface area contributed by atoms with Gasteiger partial charge in [0.1, 0.15) is 6.33 Å². The van der Waals surface area contributed by atoms with E-state index in [9.17, 15) is 4.79 Å². The molecule has 1 aromatic rings. The second-order valence-electron chi connectivity index (χ2n) is 6.77. The van der Waals surface area contributed by atoms with E-state index in [-0.39, 0.29) is 11.5 Å². The van der Waals surface area contributed by atoms with E-state index in [1.54, 1.807) is 6.20 Å². The van der Waals surface area contributed by atoms with Crippen LogP contribution < -0.4 is 5.32 Å². The molecular weight excluding hydrogens is 266 g/mol. The fourth-order valence-corrected chi connectivity index (χ4v) is 3.06. The van der Waals surface area contributed by atoms with Gasteiger partial charge in [-0.25, -0.2) is 9.97 Å². The van der Waals surface area contributed by atoms with E-state index in [4.69, 9.17) is 4.74 Å². The third kappa shape index (κ3) is 3.59. The Balaban J connectivity index is 1.59. The lowest BCUT2D eigenvalue weighted by atomic mass is 9.88. The van der Waals surface area contributed by atoms with E-state index >= 15 is 0 Å². The second-order valence-corrected chi connectivity index (χ2v) is 6.77. The first kappa shape index (κ1) is 14.4. The van der Waals surface area contributed by atoms with Crippen LogP contribution in [0.15, 0.2) is 12.5 Å². The van der Waals surface area contributed by atoms with Crippen LogP contribution >= 0.6 is 0 Å². The molecule has 1 aliphatic carbocycles. The molecule has 2 fully saturated rings. The van der Waals surface area contributed by atoms with Gasteiger partial charge >= 0.3 is 0 Å². The van der Waals surface area contributed by atoms with E-state index in [1.165, 1.54) is 6.33 Å². The monoisotopic (exact) mass is 289 g/mol. The summed E-state index contributed by atoms with van der Waals surface area (Å²) in [6, 6.07) is 0. The molecule has 2 heterocycles. The van der Waals surface area contributed by atoms with Crippen molar-refractivity contribution in [3.05, 3.63) is 23.8 Å². The maximum atomic E-state index is 12.4. The highest BCUT2D eigenvalue weighted by Crippen LogP contribution is 2.40. The molecule has 1 saturated carbocycles. The van der Waals surface area contributed by atoms with E-state index in [1.807, 2.05) is 0 Å². The lowest BCUT2D eigenvalue weighted by Crippen LogP contribution is -2.39. The highest BCUT2D eigenvalue weighted by molar-refractivity contribution is 5.95. The van der Waals surface area contributed by atoms with Gasteiger partial charge in [0.2, 0.25) is 0 Å². The Morgan fingerprint density at radius 2 is 2.24 bits per heavy atom. The van der Waals surface area contributed by atoms with Gasteiger partial charge in [0, 0.05) is 25.3 Å². The lowest BCUT2D eigenvalue weighted by molar-refractivity contribution is -0.0715. The SMILES string of the molecule is CC1(C)CC(CNC(=O)c2cncnc2C2CC2)CCO1. The fraction of sp³-hybridized carbons (Fsp3) is 0.688. The number of ether oxygens (including phenoxy) is 1. The summed E-state index contributed by atoms with van der Waals surface area (Å²) >= 11 is 0. The Labute approximate surface area is 125 Å². The van der Waals surface area contributed by atoms with Gasteiger partial charge in [0.15, 0.2) is 0 Å². The summed E-state index contributed by atoms with van der Waals surface area (Å²) < 4.78 is 5.71. The van der Waals surface area contributed by atoms with Crippen LogP contribution in [0.1, 0.15) is 61.5 Å². The van der Waals surface area contributed by atoms with Crippen LogP contribution in [0.25, 0.3) is 0 Å². The number of nitrogens with one attached hydrogen (secondary N) is 1. The summed E-state index contributed by atoms with van der Waals surface area (Å²) in [6.45, 7) is 5.69. The van der Waals surface area contributed by atoms with Crippen LogP contribution in [-0.4, -0.2) is 34.6 Å². The Bertz CT molecular complexity index is 526. The smallest absolute Gasteiger partial charge is 0.254 e. The van der Waals surface area contributed by atoms with Crippen LogP contribution in [0.4, 0.5) is 0 Å². The predicted molar refractivity (Wildman–Crippen MR) is 79.1 cm³/mol. The van der Waals surface area contributed by atoms with E-state index in [0.717, 1.165) is 38.0 Å². The van der Waals surface area contributed by atoms with E-state index in [2.05, 4.69) is 29.1 Å². The highest BCUT2D eigenvalue weighted by atomic mass is 16.5. The number of carbonyl (C=O) groups excluding carboxylic acids is 1. The molecule has 0 spiro atoms. The van der Waals surface area contributed by atoms with E-state index in [0.29, 0.717) is 23.9 Å². The topological polar surface area (TPSA) is 64.1 Å². The minimum Gasteiger partial charge on any atom is -0.376 e. The van der Waals surface area contributed by atoms with Gasteiger partial charge in [0.05, 0.1) is 16.9 Å². The molecule has 5 heteroatoms. The van der Waals surface area contributed by atoms with Crippen molar-refractivity contribution in [2.24, 2.45) is 5.92 Å². The molecule has 3 rings (SSSR count). The minimum atomic E-state index is -0.0807. The normalized spacial score (nSPS) is 24.6. The molecule has 1 aromatic heterocycles. The number of rotatable bonds is 4. The molecule has 1 atom stereocenters. The average Bonchev–Trinajstić information content (AvgIpc) is 3.28. The minimum absolute atomic E-state index is 0.0400. The summed E-state index contributed by atoms with van der Waals surface area (Å²) in [5.41, 5.74) is 1.48. The van der Waals surface area contributed by atoms with Crippen molar-refractivity contribution in [2.75, 3.05) is 13.2 Å². The molecule has 1 unspecified atom stereocenters. The third-order valence-corrected chi connectivity index (χ3v) is 4.30. The molecule has 1 N–H and O–H groups in total. The van der Waals surface area contributed by atoms with Gasteiger partial charge in [-0.3, -0.25) is 4.79 Å². The summed E-state index contributed by atoms with van der Waals surface area (Å²) in [7, 11) is 0. The van der Waals surface area contributed by atoms with Gasteiger partial charge in [-0.1, -0.05) is 0 Å². The molecule has 2 aliphatic rings. The van der Waals surface area contributed by atoms with Crippen LogP contribution in [-0.2, 0) is 4.74 Å². The molecular formula is C16H23N3O2. The van der Waals surface area contributed by atoms with Crippen LogP contribution in [0.2, 0.25) is 0 Å².